The predicted molar refractivity (Wildman–Crippen MR) is 36.0 cm³/mol. The lowest BCUT2D eigenvalue weighted by molar-refractivity contribution is 0.119. The number of hydrogen-bond donors (Lipinski definition) is 3. The SMILES string of the molecule is CCNC(O)CCCO. The summed E-state index contributed by atoms with van der Waals surface area (Å²) in [6.45, 7) is 2.86. The van der Waals surface area contributed by atoms with Crippen LogP contribution < -0.4 is 5.32 Å². The monoisotopic (exact) mass is 133 g/mol. The molecule has 0 aromatic rings. The highest BCUT2D eigenvalue weighted by Gasteiger charge is 1.98. The first kappa shape index (κ1) is 8.88. The Bertz CT molecular complexity index is 59.0. The van der Waals surface area contributed by atoms with Crippen molar-refractivity contribution in [2.45, 2.75) is 26.0 Å². The van der Waals surface area contributed by atoms with Crippen molar-refractivity contribution in [1.82, 2.24) is 5.32 Å². The molecule has 0 aliphatic heterocycles. The number of hydrogen-bond acceptors (Lipinski definition) is 3. The minimum Gasteiger partial charge on any atom is -0.396 e. The maximum absolute atomic E-state index is 8.96. The van der Waals surface area contributed by atoms with Gasteiger partial charge >= 0.3 is 0 Å². The van der Waals surface area contributed by atoms with Crippen LogP contribution in [0.25, 0.3) is 0 Å². The van der Waals surface area contributed by atoms with Gasteiger partial charge < -0.3 is 10.2 Å². The van der Waals surface area contributed by atoms with Crippen LogP contribution in [-0.2, 0) is 0 Å². The first-order valence-electron chi connectivity index (χ1n) is 3.33. The number of rotatable bonds is 5. The molecular formula is C6H15NO2. The molecule has 0 saturated heterocycles. The zero-order valence-corrected chi connectivity index (χ0v) is 5.80. The van der Waals surface area contributed by atoms with Gasteiger partial charge in [-0.3, -0.25) is 5.32 Å². The van der Waals surface area contributed by atoms with Gasteiger partial charge in [-0.05, 0) is 19.4 Å². The Hall–Kier alpha value is -0.120. The number of nitrogens with one attached hydrogen (secondary N) is 1. The van der Waals surface area contributed by atoms with E-state index in [0.717, 1.165) is 6.54 Å². The van der Waals surface area contributed by atoms with Crippen LogP contribution in [0.15, 0.2) is 0 Å². The summed E-state index contributed by atoms with van der Waals surface area (Å²) in [6.07, 6.45) is 0.848. The van der Waals surface area contributed by atoms with E-state index in [1.165, 1.54) is 0 Å². The zero-order valence-electron chi connectivity index (χ0n) is 5.80. The van der Waals surface area contributed by atoms with Gasteiger partial charge in [-0.2, -0.15) is 0 Å². The van der Waals surface area contributed by atoms with Gasteiger partial charge in [0.15, 0.2) is 0 Å². The fourth-order valence-corrected chi connectivity index (χ4v) is 0.622. The van der Waals surface area contributed by atoms with E-state index in [2.05, 4.69) is 5.32 Å². The Balaban J connectivity index is 2.95. The van der Waals surface area contributed by atoms with E-state index in [-0.39, 0.29) is 6.61 Å². The molecule has 0 aromatic carbocycles. The van der Waals surface area contributed by atoms with Crippen molar-refractivity contribution < 1.29 is 10.2 Å². The third kappa shape index (κ3) is 5.76. The van der Waals surface area contributed by atoms with Crippen molar-refractivity contribution in [1.29, 1.82) is 0 Å². The lowest BCUT2D eigenvalue weighted by Crippen LogP contribution is -2.28. The van der Waals surface area contributed by atoms with Crippen LogP contribution in [0.4, 0.5) is 0 Å². The molecule has 1 atom stereocenters. The van der Waals surface area contributed by atoms with Gasteiger partial charge in [-0.25, -0.2) is 0 Å². The molecule has 0 aliphatic rings. The van der Waals surface area contributed by atoms with Crippen molar-refractivity contribution in [2.75, 3.05) is 13.2 Å². The van der Waals surface area contributed by atoms with E-state index < -0.39 is 6.23 Å². The van der Waals surface area contributed by atoms with Crippen molar-refractivity contribution in [3.05, 3.63) is 0 Å². The minimum atomic E-state index is -0.442. The van der Waals surface area contributed by atoms with E-state index in [9.17, 15) is 0 Å². The second kappa shape index (κ2) is 6.01. The molecule has 0 aromatic heterocycles. The van der Waals surface area contributed by atoms with Crippen LogP contribution in [0.5, 0.6) is 0 Å². The maximum Gasteiger partial charge on any atom is 0.104 e. The van der Waals surface area contributed by atoms with Crippen LogP contribution in [0.2, 0.25) is 0 Å². The molecule has 9 heavy (non-hydrogen) atoms. The third-order valence-electron chi connectivity index (χ3n) is 1.08. The topological polar surface area (TPSA) is 52.5 Å². The van der Waals surface area contributed by atoms with E-state index >= 15 is 0 Å². The molecule has 56 valence electrons. The fourth-order valence-electron chi connectivity index (χ4n) is 0.622. The average Bonchev–Trinajstić information content (AvgIpc) is 1.85. The highest BCUT2D eigenvalue weighted by Crippen LogP contribution is 1.90. The highest BCUT2D eigenvalue weighted by molar-refractivity contribution is 4.49. The van der Waals surface area contributed by atoms with E-state index in [4.69, 9.17) is 10.2 Å². The standard InChI is InChI=1S/C6H15NO2/c1-2-7-6(9)4-3-5-8/h6-9H,2-5H2,1H3. The van der Waals surface area contributed by atoms with Gasteiger partial charge in [0.1, 0.15) is 6.23 Å². The van der Waals surface area contributed by atoms with Crippen molar-refractivity contribution in [2.24, 2.45) is 0 Å². The zero-order chi connectivity index (χ0) is 7.11. The number of aliphatic hydroxyl groups is 2. The molecule has 0 heterocycles. The van der Waals surface area contributed by atoms with Gasteiger partial charge in [-0.15, -0.1) is 0 Å². The second-order valence-corrected chi connectivity index (χ2v) is 1.94. The summed E-state index contributed by atoms with van der Waals surface area (Å²) in [7, 11) is 0. The second-order valence-electron chi connectivity index (χ2n) is 1.94. The molecule has 3 heteroatoms. The maximum atomic E-state index is 8.96. The molecule has 3 nitrogen and oxygen atoms in total. The van der Waals surface area contributed by atoms with Gasteiger partial charge in [0, 0.05) is 6.61 Å². The van der Waals surface area contributed by atoms with Gasteiger partial charge in [0.05, 0.1) is 0 Å². The minimum absolute atomic E-state index is 0.155. The Labute approximate surface area is 55.7 Å². The Morgan fingerprint density at radius 3 is 2.67 bits per heavy atom. The third-order valence-corrected chi connectivity index (χ3v) is 1.08. The van der Waals surface area contributed by atoms with E-state index in [1.54, 1.807) is 0 Å². The summed E-state index contributed by atoms with van der Waals surface area (Å²) in [4.78, 5) is 0. The smallest absolute Gasteiger partial charge is 0.104 e. The highest BCUT2D eigenvalue weighted by atomic mass is 16.3. The van der Waals surface area contributed by atoms with Crippen molar-refractivity contribution in [3.8, 4) is 0 Å². The molecule has 0 fully saturated rings. The molecule has 0 bridgehead atoms. The van der Waals surface area contributed by atoms with Gasteiger partial charge in [-0.1, -0.05) is 6.92 Å². The Morgan fingerprint density at radius 1 is 1.56 bits per heavy atom. The summed E-state index contributed by atoms with van der Waals surface area (Å²) in [5, 5.41) is 20.1. The normalized spacial score (nSPS) is 13.7. The van der Waals surface area contributed by atoms with Crippen LogP contribution in [0, 0.1) is 0 Å². The molecule has 1 unspecified atom stereocenters. The van der Waals surface area contributed by atoms with E-state index in [1.807, 2.05) is 6.92 Å². The molecular weight excluding hydrogens is 118 g/mol. The summed E-state index contributed by atoms with van der Waals surface area (Å²) in [6, 6.07) is 0. The van der Waals surface area contributed by atoms with Crippen LogP contribution in [-0.4, -0.2) is 29.6 Å². The van der Waals surface area contributed by atoms with Crippen LogP contribution in [0.3, 0.4) is 0 Å². The van der Waals surface area contributed by atoms with Gasteiger partial charge in [0.2, 0.25) is 0 Å². The average molecular weight is 133 g/mol. The summed E-state index contributed by atoms with van der Waals surface area (Å²) < 4.78 is 0. The van der Waals surface area contributed by atoms with Crippen LogP contribution in [0.1, 0.15) is 19.8 Å². The summed E-state index contributed by atoms with van der Waals surface area (Å²) in [5.41, 5.74) is 0. The van der Waals surface area contributed by atoms with Gasteiger partial charge in [0.25, 0.3) is 0 Å². The summed E-state index contributed by atoms with van der Waals surface area (Å²) in [5.74, 6) is 0. The van der Waals surface area contributed by atoms with Crippen molar-refractivity contribution in [3.63, 3.8) is 0 Å². The first-order chi connectivity index (χ1) is 4.31. The summed E-state index contributed by atoms with van der Waals surface area (Å²) >= 11 is 0. The van der Waals surface area contributed by atoms with E-state index in [0.29, 0.717) is 12.8 Å². The first-order valence-corrected chi connectivity index (χ1v) is 3.33. The molecule has 0 rings (SSSR count). The Morgan fingerprint density at radius 2 is 2.22 bits per heavy atom. The number of aliphatic hydroxyl groups excluding tert-OH is 2. The molecule has 0 radical (unpaired) electrons. The Kier molecular flexibility index (Phi) is 5.93. The molecule has 0 saturated carbocycles. The van der Waals surface area contributed by atoms with Crippen LogP contribution >= 0.6 is 0 Å². The lowest BCUT2D eigenvalue weighted by Gasteiger charge is -2.08. The molecule has 0 spiro atoms. The van der Waals surface area contributed by atoms with Crippen molar-refractivity contribution >= 4 is 0 Å². The fraction of sp³-hybridized carbons (Fsp3) is 1.00. The largest absolute Gasteiger partial charge is 0.396 e. The molecule has 3 N–H and O–H groups in total. The molecule has 0 amide bonds. The predicted octanol–water partition coefficient (Wildman–Crippen LogP) is -0.313. The quantitative estimate of drug-likeness (QED) is 0.451. The molecule has 0 aliphatic carbocycles. The lowest BCUT2D eigenvalue weighted by atomic mass is 10.3.